The predicted octanol–water partition coefficient (Wildman–Crippen LogP) is 3.02. The molecule has 1 amide bonds. The van der Waals surface area contributed by atoms with Crippen molar-refractivity contribution in [3.05, 3.63) is 65.2 Å². The fraction of sp³-hybridized carbons (Fsp3) is 0.263. The van der Waals surface area contributed by atoms with Crippen LogP contribution in [0.5, 0.6) is 5.75 Å². The maximum Gasteiger partial charge on any atom is 0.305 e. The lowest BCUT2D eigenvalue weighted by Gasteiger charge is -2.22. The summed E-state index contributed by atoms with van der Waals surface area (Å²) in [5.41, 5.74) is 1.12. The third kappa shape index (κ3) is 5.54. The Morgan fingerprint density at radius 3 is 2.27 bits per heavy atom. The Morgan fingerprint density at radius 1 is 1.04 bits per heavy atom. The fourth-order valence-electron chi connectivity index (χ4n) is 2.41. The second kappa shape index (κ2) is 8.94. The SMILES string of the molecule is COc1ccc(CC(=O)N(CCC(=O)O)Cc2ccc(F)c(F)c2)cc1. The highest BCUT2D eigenvalue weighted by Crippen LogP contribution is 2.15. The molecule has 0 unspecified atom stereocenters. The quantitative estimate of drug-likeness (QED) is 0.783. The van der Waals surface area contributed by atoms with Crippen LogP contribution in [0.25, 0.3) is 0 Å². The average Bonchev–Trinajstić information content (AvgIpc) is 2.62. The average molecular weight is 363 g/mol. The molecule has 2 aromatic carbocycles. The standard InChI is InChI=1S/C19H19F2NO4/c1-26-15-5-2-13(3-6-15)11-18(23)22(9-8-19(24)25)12-14-4-7-16(20)17(21)10-14/h2-7,10H,8-9,11-12H2,1H3,(H,24,25). The zero-order valence-electron chi connectivity index (χ0n) is 14.2. The molecule has 0 atom stereocenters. The Bertz CT molecular complexity index is 778. The van der Waals surface area contributed by atoms with Gasteiger partial charge in [0.15, 0.2) is 11.6 Å². The molecule has 0 saturated heterocycles. The first kappa shape index (κ1) is 19.4. The Morgan fingerprint density at radius 2 is 1.69 bits per heavy atom. The van der Waals surface area contributed by atoms with E-state index in [0.717, 1.165) is 17.7 Å². The number of carboxylic acid groups (broad SMARTS) is 1. The van der Waals surface area contributed by atoms with Gasteiger partial charge in [-0.05, 0) is 35.4 Å². The zero-order chi connectivity index (χ0) is 19.1. The molecular weight excluding hydrogens is 344 g/mol. The second-order valence-corrected chi connectivity index (χ2v) is 5.73. The topological polar surface area (TPSA) is 66.8 Å². The third-order valence-corrected chi connectivity index (χ3v) is 3.82. The van der Waals surface area contributed by atoms with E-state index < -0.39 is 17.6 Å². The molecule has 0 saturated carbocycles. The number of carboxylic acids is 1. The molecule has 0 aromatic heterocycles. The molecule has 0 aliphatic rings. The highest BCUT2D eigenvalue weighted by molar-refractivity contribution is 5.79. The third-order valence-electron chi connectivity index (χ3n) is 3.82. The Hall–Kier alpha value is -2.96. The summed E-state index contributed by atoms with van der Waals surface area (Å²) in [7, 11) is 1.54. The molecule has 0 spiro atoms. The van der Waals surface area contributed by atoms with E-state index in [0.29, 0.717) is 11.3 Å². The molecule has 2 rings (SSSR count). The fourth-order valence-corrected chi connectivity index (χ4v) is 2.41. The summed E-state index contributed by atoms with van der Waals surface area (Å²) in [6.45, 7) is -0.0250. The van der Waals surface area contributed by atoms with Crippen LogP contribution in [0, 0.1) is 11.6 Å². The maximum atomic E-state index is 13.4. The molecule has 2 aromatic rings. The number of halogens is 2. The van der Waals surface area contributed by atoms with Crippen molar-refractivity contribution >= 4 is 11.9 Å². The van der Waals surface area contributed by atoms with Crippen LogP contribution in [-0.4, -0.2) is 35.5 Å². The van der Waals surface area contributed by atoms with Gasteiger partial charge in [-0.2, -0.15) is 0 Å². The zero-order valence-corrected chi connectivity index (χ0v) is 14.2. The van der Waals surface area contributed by atoms with E-state index in [1.165, 1.54) is 18.1 Å². The van der Waals surface area contributed by atoms with Gasteiger partial charge >= 0.3 is 5.97 Å². The number of methoxy groups -OCH3 is 1. The van der Waals surface area contributed by atoms with Crippen molar-refractivity contribution in [2.75, 3.05) is 13.7 Å². The van der Waals surface area contributed by atoms with E-state index >= 15 is 0 Å². The lowest BCUT2D eigenvalue weighted by Crippen LogP contribution is -2.33. The maximum absolute atomic E-state index is 13.4. The van der Waals surface area contributed by atoms with Crippen molar-refractivity contribution in [3.8, 4) is 5.75 Å². The summed E-state index contributed by atoms with van der Waals surface area (Å²) in [4.78, 5) is 24.7. The summed E-state index contributed by atoms with van der Waals surface area (Å²) in [5.74, 6) is -2.68. The molecule has 7 heteroatoms. The molecule has 5 nitrogen and oxygen atoms in total. The van der Waals surface area contributed by atoms with Crippen LogP contribution in [-0.2, 0) is 22.6 Å². The van der Waals surface area contributed by atoms with Gasteiger partial charge in [0.2, 0.25) is 5.91 Å². The molecule has 0 aliphatic heterocycles. The van der Waals surface area contributed by atoms with E-state index in [1.54, 1.807) is 24.3 Å². The van der Waals surface area contributed by atoms with Crippen molar-refractivity contribution in [3.63, 3.8) is 0 Å². The normalized spacial score (nSPS) is 10.4. The van der Waals surface area contributed by atoms with Gasteiger partial charge < -0.3 is 14.7 Å². The van der Waals surface area contributed by atoms with Crippen molar-refractivity contribution in [1.29, 1.82) is 0 Å². The Balaban J connectivity index is 2.11. The van der Waals surface area contributed by atoms with Crippen molar-refractivity contribution in [1.82, 2.24) is 4.90 Å². The number of benzene rings is 2. The summed E-state index contributed by atoms with van der Waals surface area (Å²) >= 11 is 0. The number of hydrogen-bond donors (Lipinski definition) is 1. The van der Waals surface area contributed by atoms with Crippen LogP contribution >= 0.6 is 0 Å². The Kier molecular flexibility index (Phi) is 6.66. The minimum absolute atomic E-state index is 0.000528. The second-order valence-electron chi connectivity index (χ2n) is 5.73. The minimum Gasteiger partial charge on any atom is -0.497 e. The van der Waals surface area contributed by atoms with Gasteiger partial charge in [0.1, 0.15) is 5.75 Å². The molecular formula is C19H19F2NO4. The van der Waals surface area contributed by atoms with Gasteiger partial charge in [0.25, 0.3) is 0 Å². The number of rotatable bonds is 8. The lowest BCUT2D eigenvalue weighted by molar-refractivity contribution is -0.138. The molecule has 0 heterocycles. The van der Waals surface area contributed by atoms with Gasteiger partial charge in [-0.3, -0.25) is 9.59 Å². The molecule has 0 aliphatic carbocycles. The number of ether oxygens (including phenoxy) is 1. The van der Waals surface area contributed by atoms with Crippen LogP contribution < -0.4 is 4.74 Å². The summed E-state index contributed by atoms with van der Waals surface area (Å²) < 4.78 is 31.5. The van der Waals surface area contributed by atoms with E-state index in [1.807, 2.05) is 0 Å². The number of aliphatic carboxylic acids is 1. The van der Waals surface area contributed by atoms with Gasteiger partial charge in [-0.15, -0.1) is 0 Å². The van der Waals surface area contributed by atoms with Crippen molar-refractivity contribution in [2.45, 2.75) is 19.4 Å². The van der Waals surface area contributed by atoms with Crippen LogP contribution in [0.1, 0.15) is 17.5 Å². The van der Waals surface area contributed by atoms with Crippen molar-refractivity contribution in [2.24, 2.45) is 0 Å². The number of carbonyl (C=O) groups excluding carboxylic acids is 1. The first-order valence-corrected chi connectivity index (χ1v) is 7.95. The monoisotopic (exact) mass is 363 g/mol. The molecule has 0 bridgehead atoms. The van der Waals surface area contributed by atoms with Crippen LogP contribution in [0.15, 0.2) is 42.5 Å². The highest BCUT2D eigenvalue weighted by Gasteiger charge is 2.17. The molecule has 138 valence electrons. The molecule has 26 heavy (non-hydrogen) atoms. The Labute approximate surface area is 149 Å². The van der Waals surface area contributed by atoms with E-state index in [2.05, 4.69) is 0 Å². The predicted molar refractivity (Wildman–Crippen MR) is 90.7 cm³/mol. The van der Waals surface area contributed by atoms with Gasteiger partial charge in [0.05, 0.1) is 20.0 Å². The number of carbonyl (C=O) groups is 2. The van der Waals surface area contributed by atoms with Gasteiger partial charge in [-0.25, -0.2) is 8.78 Å². The van der Waals surface area contributed by atoms with E-state index in [-0.39, 0.29) is 31.8 Å². The largest absolute Gasteiger partial charge is 0.497 e. The highest BCUT2D eigenvalue weighted by atomic mass is 19.2. The molecule has 1 N–H and O–H groups in total. The summed E-state index contributed by atoms with van der Waals surface area (Å²) in [6.07, 6.45) is -0.175. The van der Waals surface area contributed by atoms with Crippen LogP contribution in [0.2, 0.25) is 0 Å². The van der Waals surface area contributed by atoms with Gasteiger partial charge in [0, 0.05) is 13.1 Å². The number of hydrogen-bond acceptors (Lipinski definition) is 3. The molecule has 0 radical (unpaired) electrons. The number of amides is 1. The lowest BCUT2D eigenvalue weighted by atomic mass is 10.1. The van der Waals surface area contributed by atoms with Crippen LogP contribution in [0.3, 0.4) is 0 Å². The first-order valence-electron chi connectivity index (χ1n) is 7.95. The van der Waals surface area contributed by atoms with Crippen LogP contribution in [0.4, 0.5) is 8.78 Å². The van der Waals surface area contributed by atoms with Crippen molar-refractivity contribution < 1.29 is 28.2 Å². The summed E-state index contributed by atoms with van der Waals surface area (Å²) in [5, 5.41) is 8.88. The smallest absolute Gasteiger partial charge is 0.305 e. The van der Waals surface area contributed by atoms with Gasteiger partial charge in [-0.1, -0.05) is 18.2 Å². The van der Waals surface area contributed by atoms with E-state index in [4.69, 9.17) is 9.84 Å². The first-order chi connectivity index (χ1) is 12.4. The number of nitrogens with zero attached hydrogens (tertiary/aromatic N) is 1. The molecule has 0 fully saturated rings. The van der Waals surface area contributed by atoms with E-state index in [9.17, 15) is 18.4 Å². The minimum atomic E-state index is -1.04. The summed E-state index contributed by atoms with van der Waals surface area (Å²) in [6, 6.07) is 10.3.